The van der Waals surface area contributed by atoms with Gasteiger partial charge in [0.25, 0.3) is 5.69 Å². The number of ether oxygens (including phenoxy) is 2. The van der Waals surface area contributed by atoms with Crippen LogP contribution in [0, 0.1) is 10.1 Å². The average Bonchev–Trinajstić information content (AvgIpc) is 2.75. The molecule has 8 nitrogen and oxygen atoms in total. The third-order valence-corrected chi connectivity index (χ3v) is 4.12. The Kier molecular flexibility index (Phi) is 12.4. The average molecular weight is 528 g/mol. The molecule has 0 aliphatic heterocycles. The van der Waals surface area contributed by atoms with E-state index in [0.717, 1.165) is 23.3 Å². The van der Waals surface area contributed by atoms with Crippen LogP contribution in [-0.2, 0) is 17.8 Å². The number of nitro benzene ring substituents is 1. The van der Waals surface area contributed by atoms with Gasteiger partial charge in [0.05, 0.1) is 18.6 Å². The molecule has 0 amide bonds. The Balaban J connectivity index is 0.00000450. The number of benzene rings is 2. The van der Waals surface area contributed by atoms with Gasteiger partial charge < -0.3 is 20.1 Å². The Bertz CT molecular complexity index is 800. The molecule has 2 rings (SSSR count). The number of non-ortho nitro benzene ring substituents is 1. The molecule has 0 radical (unpaired) electrons. The number of methoxy groups -OCH3 is 1. The van der Waals surface area contributed by atoms with Crippen LogP contribution >= 0.6 is 24.0 Å². The number of guanidine groups is 1. The number of nitrogens with one attached hydrogen (secondary N) is 2. The molecule has 0 spiro atoms. The Morgan fingerprint density at radius 3 is 2.57 bits per heavy atom. The third kappa shape index (κ3) is 9.40. The first-order valence-electron chi connectivity index (χ1n) is 9.58. The molecule has 0 unspecified atom stereocenters. The highest BCUT2D eigenvalue weighted by molar-refractivity contribution is 14.0. The van der Waals surface area contributed by atoms with Crippen LogP contribution in [0.2, 0.25) is 0 Å². The van der Waals surface area contributed by atoms with E-state index in [1.54, 1.807) is 19.2 Å². The Labute approximate surface area is 194 Å². The standard InChI is InChI=1S/C21H28N4O4.HI/c1-3-29-13-5-12-22-21(23-15-17-8-10-20(28-2)11-9-17)24-16-18-6-4-7-19(14-18)25(26)27;/h4,6-11,14H,3,5,12-13,15-16H2,1-2H3,(H2,22,23,24);1H. The molecular weight excluding hydrogens is 499 g/mol. The van der Waals surface area contributed by atoms with E-state index < -0.39 is 4.92 Å². The molecule has 2 N–H and O–H groups in total. The lowest BCUT2D eigenvalue weighted by Crippen LogP contribution is -2.37. The van der Waals surface area contributed by atoms with Crippen molar-refractivity contribution >= 4 is 35.6 Å². The number of hydrogen-bond acceptors (Lipinski definition) is 5. The van der Waals surface area contributed by atoms with E-state index in [4.69, 9.17) is 9.47 Å². The first kappa shape index (κ1) is 25.6. The van der Waals surface area contributed by atoms with Gasteiger partial charge in [-0.3, -0.25) is 10.1 Å². The highest BCUT2D eigenvalue weighted by Gasteiger charge is 2.06. The molecule has 164 valence electrons. The fourth-order valence-corrected chi connectivity index (χ4v) is 2.57. The number of hydrogen-bond donors (Lipinski definition) is 2. The molecule has 0 heterocycles. The van der Waals surface area contributed by atoms with Crippen LogP contribution in [0.15, 0.2) is 53.5 Å². The minimum atomic E-state index is -0.401. The van der Waals surface area contributed by atoms with Crippen molar-refractivity contribution in [2.75, 3.05) is 26.9 Å². The Morgan fingerprint density at radius 1 is 1.13 bits per heavy atom. The predicted octanol–water partition coefficient (Wildman–Crippen LogP) is 3.88. The van der Waals surface area contributed by atoms with Crippen molar-refractivity contribution in [2.45, 2.75) is 26.4 Å². The van der Waals surface area contributed by atoms with Gasteiger partial charge in [-0.15, -0.1) is 24.0 Å². The summed E-state index contributed by atoms with van der Waals surface area (Å²) in [5, 5.41) is 17.5. The highest BCUT2D eigenvalue weighted by Crippen LogP contribution is 2.14. The first-order valence-corrected chi connectivity index (χ1v) is 9.58. The second kappa shape index (κ2) is 14.6. The van der Waals surface area contributed by atoms with Gasteiger partial charge >= 0.3 is 0 Å². The number of halogens is 1. The van der Waals surface area contributed by atoms with Crippen molar-refractivity contribution in [3.8, 4) is 5.75 Å². The van der Waals surface area contributed by atoms with Gasteiger partial charge in [-0.25, -0.2) is 4.99 Å². The second-order valence-corrected chi connectivity index (χ2v) is 6.27. The van der Waals surface area contributed by atoms with Crippen molar-refractivity contribution in [1.82, 2.24) is 10.6 Å². The largest absolute Gasteiger partial charge is 0.497 e. The van der Waals surface area contributed by atoms with Crippen molar-refractivity contribution in [2.24, 2.45) is 4.99 Å². The molecule has 0 aliphatic rings. The summed E-state index contributed by atoms with van der Waals surface area (Å²) in [5.74, 6) is 1.45. The number of rotatable bonds is 11. The van der Waals surface area contributed by atoms with Crippen LogP contribution in [-0.4, -0.2) is 37.8 Å². The van der Waals surface area contributed by atoms with Crippen LogP contribution in [0.3, 0.4) is 0 Å². The van der Waals surface area contributed by atoms with E-state index in [2.05, 4.69) is 15.6 Å². The number of aliphatic imine (C=N–C) groups is 1. The molecule has 0 aromatic heterocycles. The number of nitrogens with zero attached hydrogens (tertiary/aromatic N) is 2. The lowest BCUT2D eigenvalue weighted by molar-refractivity contribution is -0.384. The van der Waals surface area contributed by atoms with Crippen LogP contribution < -0.4 is 15.4 Å². The maximum Gasteiger partial charge on any atom is 0.269 e. The van der Waals surface area contributed by atoms with E-state index in [-0.39, 0.29) is 29.7 Å². The molecule has 2 aromatic carbocycles. The molecule has 0 atom stereocenters. The van der Waals surface area contributed by atoms with E-state index in [0.29, 0.717) is 38.8 Å². The first-order chi connectivity index (χ1) is 14.1. The molecule has 0 aliphatic carbocycles. The summed E-state index contributed by atoms with van der Waals surface area (Å²) in [7, 11) is 1.64. The second-order valence-electron chi connectivity index (χ2n) is 6.27. The van der Waals surface area contributed by atoms with E-state index in [1.165, 1.54) is 6.07 Å². The lowest BCUT2D eigenvalue weighted by atomic mass is 10.2. The minimum Gasteiger partial charge on any atom is -0.497 e. The zero-order valence-electron chi connectivity index (χ0n) is 17.3. The summed E-state index contributed by atoms with van der Waals surface area (Å²) >= 11 is 0. The molecule has 2 aromatic rings. The van der Waals surface area contributed by atoms with E-state index >= 15 is 0 Å². The molecule has 9 heteroatoms. The summed E-state index contributed by atoms with van der Waals surface area (Å²) in [6.45, 7) is 4.99. The van der Waals surface area contributed by atoms with E-state index in [1.807, 2.05) is 37.3 Å². The molecule has 0 fully saturated rings. The Morgan fingerprint density at radius 2 is 1.90 bits per heavy atom. The summed E-state index contributed by atoms with van der Waals surface area (Å²) in [5.41, 5.74) is 1.93. The maximum atomic E-state index is 10.9. The third-order valence-electron chi connectivity index (χ3n) is 4.12. The summed E-state index contributed by atoms with van der Waals surface area (Å²) in [6, 6.07) is 14.3. The van der Waals surface area contributed by atoms with Crippen LogP contribution in [0.1, 0.15) is 24.5 Å². The maximum absolute atomic E-state index is 10.9. The van der Waals surface area contributed by atoms with Gasteiger partial charge in [0.1, 0.15) is 5.75 Å². The van der Waals surface area contributed by atoms with Gasteiger partial charge in [-0.1, -0.05) is 24.3 Å². The fourth-order valence-electron chi connectivity index (χ4n) is 2.57. The summed E-state index contributed by atoms with van der Waals surface area (Å²) < 4.78 is 10.5. The minimum absolute atomic E-state index is 0. The molecular formula is C21H29IN4O4. The number of nitro groups is 1. The van der Waals surface area contributed by atoms with Crippen molar-refractivity contribution < 1.29 is 14.4 Å². The van der Waals surface area contributed by atoms with Gasteiger partial charge in [-0.2, -0.15) is 0 Å². The van der Waals surface area contributed by atoms with Crippen LogP contribution in [0.25, 0.3) is 0 Å². The fraction of sp³-hybridized carbons (Fsp3) is 0.381. The topological polar surface area (TPSA) is 98.0 Å². The summed E-state index contributed by atoms with van der Waals surface area (Å²) in [4.78, 5) is 15.1. The molecule has 30 heavy (non-hydrogen) atoms. The van der Waals surface area contributed by atoms with E-state index in [9.17, 15) is 10.1 Å². The lowest BCUT2D eigenvalue weighted by Gasteiger charge is -2.13. The Hall–Kier alpha value is -2.40. The SMILES string of the molecule is CCOCCCNC(=NCc1cccc([N+](=O)[O-])c1)NCc1ccc(OC)cc1.I. The monoisotopic (exact) mass is 528 g/mol. The van der Waals surface area contributed by atoms with Crippen LogP contribution in [0.4, 0.5) is 5.69 Å². The molecule has 0 saturated carbocycles. The van der Waals surface area contributed by atoms with Gasteiger partial charge in [0.2, 0.25) is 0 Å². The van der Waals surface area contributed by atoms with Crippen LogP contribution in [0.5, 0.6) is 5.75 Å². The van der Waals surface area contributed by atoms with Crippen molar-refractivity contribution in [3.05, 3.63) is 69.8 Å². The van der Waals surface area contributed by atoms with Gasteiger partial charge in [0, 0.05) is 38.4 Å². The zero-order chi connectivity index (χ0) is 20.9. The predicted molar refractivity (Wildman–Crippen MR) is 129 cm³/mol. The highest BCUT2D eigenvalue weighted by atomic mass is 127. The van der Waals surface area contributed by atoms with Gasteiger partial charge in [0.15, 0.2) is 5.96 Å². The smallest absolute Gasteiger partial charge is 0.269 e. The quantitative estimate of drug-likeness (QED) is 0.115. The molecule has 0 bridgehead atoms. The zero-order valence-corrected chi connectivity index (χ0v) is 19.6. The normalized spacial score (nSPS) is 10.8. The molecule has 0 saturated heterocycles. The van der Waals surface area contributed by atoms with Crippen molar-refractivity contribution in [3.63, 3.8) is 0 Å². The van der Waals surface area contributed by atoms with Crippen molar-refractivity contribution in [1.29, 1.82) is 0 Å². The van der Waals surface area contributed by atoms with Gasteiger partial charge in [-0.05, 0) is 36.6 Å². The summed E-state index contributed by atoms with van der Waals surface area (Å²) in [6.07, 6.45) is 0.855.